The predicted molar refractivity (Wildman–Crippen MR) is 119 cm³/mol. The Morgan fingerprint density at radius 3 is 1.89 bits per heavy atom. The SMILES string of the molecule is CCCc1ccc(C#Cc2ccc(OC[C@H]3CC[C@H](CCC)CC3)cc2)cc1. The van der Waals surface area contributed by atoms with Crippen molar-refractivity contribution in [2.45, 2.75) is 65.2 Å². The monoisotopic (exact) mass is 374 g/mol. The highest BCUT2D eigenvalue weighted by molar-refractivity contribution is 5.44. The molecule has 0 unspecified atom stereocenters. The van der Waals surface area contributed by atoms with Gasteiger partial charge in [-0.1, -0.05) is 69.9 Å². The molecule has 1 aliphatic rings. The fourth-order valence-corrected chi connectivity index (χ4v) is 4.13. The molecule has 2 aromatic carbocycles. The molecule has 1 nitrogen and oxygen atoms in total. The smallest absolute Gasteiger partial charge is 0.119 e. The lowest BCUT2D eigenvalue weighted by molar-refractivity contribution is 0.178. The highest BCUT2D eigenvalue weighted by Crippen LogP contribution is 2.31. The van der Waals surface area contributed by atoms with Crippen LogP contribution < -0.4 is 4.74 Å². The van der Waals surface area contributed by atoms with Crippen molar-refractivity contribution in [3.63, 3.8) is 0 Å². The van der Waals surface area contributed by atoms with Gasteiger partial charge in [0, 0.05) is 11.1 Å². The summed E-state index contributed by atoms with van der Waals surface area (Å²) in [5, 5.41) is 0. The normalized spacial score (nSPS) is 18.9. The van der Waals surface area contributed by atoms with Crippen molar-refractivity contribution in [1.82, 2.24) is 0 Å². The van der Waals surface area contributed by atoms with Crippen molar-refractivity contribution in [1.29, 1.82) is 0 Å². The number of benzene rings is 2. The molecule has 1 heteroatoms. The Morgan fingerprint density at radius 1 is 0.750 bits per heavy atom. The van der Waals surface area contributed by atoms with Gasteiger partial charge in [-0.15, -0.1) is 0 Å². The lowest BCUT2D eigenvalue weighted by Crippen LogP contribution is -2.20. The molecule has 2 aromatic rings. The van der Waals surface area contributed by atoms with Gasteiger partial charge < -0.3 is 4.74 Å². The van der Waals surface area contributed by atoms with Gasteiger partial charge in [-0.05, 0) is 73.1 Å². The van der Waals surface area contributed by atoms with Crippen LogP contribution in [0, 0.1) is 23.7 Å². The van der Waals surface area contributed by atoms with Crippen LogP contribution >= 0.6 is 0 Å². The second-order valence-electron chi connectivity index (χ2n) is 8.21. The zero-order valence-electron chi connectivity index (χ0n) is 17.5. The third-order valence-corrected chi connectivity index (χ3v) is 5.85. The van der Waals surface area contributed by atoms with Crippen molar-refractivity contribution in [2.24, 2.45) is 11.8 Å². The highest BCUT2D eigenvalue weighted by Gasteiger charge is 2.20. The standard InChI is InChI=1S/C27H34O/c1-3-5-22-7-9-24(10-8-22)11-12-25-17-19-27(20-18-25)28-21-26-15-13-23(6-4-2)14-16-26/h7-10,17-20,23,26H,3-6,13-16,21H2,1-2H3/t23-,26-. The third-order valence-electron chi connectivity index (χ3n) is 5.85. The van der Waals surface area contributed by atoms with E-state index in [9.17, 15) is 0 Å². The lowest BCUT2D eigenvalue weighted by atomic mass is 9.80. The molecule has 28 heavy (non-hydrogen) atoms. The van der Waals surface area contributed by atoms with E-state index >= 15 is 0 Å². The van der Waals surface area contributed by atoms with Gasteiger partial charge in [-0.25, -0.2) is 0 Å². The summed E-state index contributed by atoms with van der Waals surface area (Å²) >= 11 is 0. The van der Waals surface area contributed by atoms with Gasteiger partial charge in [0.25, 0.3) is 0 Å². The van der Waals surface area contributed by atoms with E-state index in [-0.39, 0.29) is 0 Å². The molecule has 0 aliphatic heterocycles. The van der Waals surface area contributed by atoms with E-state index in [1.165, 1.54) is 50.5 Å². The van der Waals surface area contributed by atoms with Gasteiger partial charge in [0.05, 0.1) is 6.61 Å². The van der Waals surface area contributed by atoms with Gasteiger partial charge in [-0.2, -0.15) is 0 Å². The molecule has 3 rings (SSSR count). The maximum atomic E-state index is 6.05. The summed E-state index contributed by atoms with van der Waals surface area (Å²) in [6.07, 6.45) is 10.5. The van der Waals surface area contributed by atoms with Crippen LogP contribution in [0.3, 0.4) is 0 Å². The van der Waals surface area contributed by atoms with Crippen molar-refractivity contribution in [3.8, 4) is 17.6 Å². The lowest BCUT2D eigenvalue weighted by Gasteiger charge is -2.28. The van der Waals surface area contributed by atoms with Gasteiger partial charge >= 0.3 is 0 Å². The third kappa shape index (κ3) is 6.45. The molecule has 0 amide bonds. The Labute approximate surface area is 171 Å². The maximum Gasteiger partial charge on any atom is 0.119 e. The minimum Gasteiger partial charge on any atom is -0.493 e. The Bertz CT molecular complexity index is 753. The van der Waals surface area contributed by atoms with E-state index in [0.29, 0.717) is 0 Å². The molecule has 0 saturated heterocycles. The number of rotatable bonds is 7. The first-order valence-electron chi connectivity index (χ1n) is 11.1. The molecule has 1 fully saturated rings. The van der Waals surface area contributed by atoms with Crippen molar-refractivity contribution in [3.05, 3.63) is 65.2 Å². The molecule has 1 aliphatic carbocycles. The average molecular weight is 375 g/mol. The van der Waals surface area contributed by atoms with Crippen molar-refractivity contribution >= 4 is 0 Å². The van der Waals surface area contributed by atoms with E-state index in [0.717, 1.165) is 41.7 Å². The number of hydrogen-bond acceptors (Lipinski definition) is 1. The van der Waals surface area contributed by atoms with E-state index in [2.05, 4.69) is 74.2 Å². The topological polar surface area (TPSA) is 9.23 Å². The van der Waals surface area contributed by atoms with Gasteiger partial charge in [0.1, 0.15) is 5.75 Å². The first-order chi connectivity index (χ1) is 13.8. The first-order valence-corrected chi connectivity index (χ1v) is 11.1. The average Bonchev–Trinajstić information content (AvgIpc) is 2.74. The second kappa shape index (κ2) is 11.0. The van der Waals surface area contributed by atoms with Crippen molar-refractivity contribution in [2.75, 3.05) is 6.61 Å². The Kier molecular flexibility index (Phi) is 8.04. The summed E-state index contributed by atoms with van der Waals surface area (Å²) in [6.45, 7) is 5.36. The molecule has 0 N–H and O–H groups in total. The van der Waals surface area contributed by atoms with E-state index < -0.39 is 0 Å². The minimum atomic E-state index is 0.725. The van der Waals surface area contributed by atoms with Gasteiger partial charge in [0.15, 0.2) is 0 Å². The van der Waals surface area contributed by atoms with Crippen LogP contribution in [0.1, 0.15) is 75.5 Å². The predicted octanol–water partition coefficient (Wildman–Crippen LogP) is 7.02. The van der Waals surface area contributed by atoms with Gasteiger partial charge in [0.2, 0.25) is 0 Å². The van der Waals surface area contributed by atoms with Crippen LogP contribution in [0.15, 0.2) is 48.5 Å². The zero-order chi connectivity index (χ0) is 19.6. The van der Waals surface area contributed by atoms with Crippen molar-refractivity contribution < 1.29 is 4.74 Å². The number of hydrogen-bond donors (Lipinski definition) is 0. The van der Waals surface area contributed by atoms with E-state index in [4.69, 9.17) is 4.74 Å². The first kappa shape index (κ1) is 20.5. The molecule has 0 radical (unpaired) electrons. The summed E-state index contributed by atoms with van der Waals surface area (Å²) in [5.41, 5.74) is 3.48. The molecule has 0 bridgehead atoms. The summed E-state index contributed by atoms with van der Waals surface area (Å²) in [7, 11) is 0. The van der Waals surface area contributed by atoms with Crippen LogP contribution in [-0.4, -0.2) is 6.61 Å². The molecule has 148 valence electrons. The minimum absolute atomic E-state index is 0.725. The zero-order valence-corrected chi connectivity index (χ0v) is 17.5. The van der Waals surface area contributed by atoms with E-state index in [1.54, 1.807) is 0 Å². The summed E-state index contributed by atoms with van der Waals surface area (Å²) < 4.78 is 6.05. The Morgan fingerprint density at radius 2 is 1.32 bits per heavy atom. The summed E-state index contributed by atoms with van der Waals surface area (Å²) in [4.78, 5) is 0. The summed E-state index contributed by atoms with van der Waals surface area (Å²) in [5.74, 6) is 9.16. The quantitative estimate of drug-likeness (QED) is 0.473. The van der Waals surface area contributed by atoms with Gasteiger partial charge in [-0.3, -0.25) is 0 Å². The molecule has 0 atom stereocenters. The Balaban J connectivity index is 1.46. The molecule has 0 spiro atoms. The highest BCUT2D eigenvalue weighted by atomic mass is 16.5. The number of aryl methyl sites for hydroxylation is 1. The maximum absolute atomic E-state index is 6.05. The molecular weight excluding hydrogens is 340 g/mol. The number of ether oxygens (including phenoxy) is 1. The molecule has 1 saturated carbocycles. The molecular formula is C27H34O. The van der Waals surface area contributed by atoms with E-state index in [1.807, 2.05) is 0 Å². The largest absolute Gasteiger partial charge is 0.493 e. The fourth-order valence-electron chi connectivity index (χ4n) is 4.13. The Hall–Kier alpha value is -2.20. The van der Waals surface area contributed by atoms with Crippen LogP contribution in [0.4, 0.5) is 0 Å². The molecule has 0 aromatic heterocycles. The van der Waals surface area contributed by atoms with Crippen LogP contribution in [0.2, 0.25) is 0 Å². The van der Waals surface area contributed by atoms with Crippen LogP contribution in [-0.2, 0) is 6.42 Å². The summed E-state index contributed by atoms with van der Waals surface area (Å²) in [6, 6.07) is 16.8. The molecule has 0 heterocycles. The fraction of sp³-hybridized carbons (Fsp3) is 0.481. The van der Waals surface area contributed by atoms with Crippen LogP contribution in [0.5, 0.6) is 5.75 Å². The van der Waals surface area contributed by atoms with Crippen LogP contribution in [0.25, 0.3) is 0 Å². The second-order valence-corrected chi connectivity index (χ2v) is 8.21.